The topological polar surface area (TPSA) is 109 Å². The Kier molecular flexibility index (Phi) is 4.95. The molecule has 0 aliphatic heterocycles. The third-order valence-electron chi connectivity index (χ3n) is 2.79. The molecule has 0 saturated heterocycles. The molecule has 0 spiro atoms. The van der Waals surface area contributed by atoms with Gasteiger partial charge in [-0.3, -0.25) is 0 Å². The smallest absolute Gasteiger partial charge is 0.268 e. The van der Waals surface area contributed by atoms with Crippen molar-refractivity contribution in [2.45, 2.75) is 26.8 Å². The molecule has 7 nitrogen and oxygen atoms in total. The molecule has 2 aromatic rings. The van der Waals surface area contributed by atoms with Crippen molar-refractivity contribution < 1.29 is 12.9 Å². The Bertz CT molecular complexity index is 758. The highest BCUT2D eigenvalue weighted by Crippen LogP contribution is 2.23. The summed E-state index contributed by atoms with van der Waals surface area (Å²) >= 11 is 1.46. The summed E-state index contributed by atoms with van der Waals surface area (Å²) in [6, 6.07) is 5.70. The molecule has 1 N–H and O–H groups in total. The number of hydrogen-bond acceptors (Lipinski definition) is 7. The first-order chi connectivity index (χ1) is 10.3. The first-order valence-corrected chi connectivity index (χ1v) is 9.05. The number of thiophene rings is 1. The van der Waals surface area contributed by atoms with E-state index in [1.165, 1.54) is 11.3 Å². The van der Waals surface area contributed by atoms with Gasteiger partial charge in [-0.1, -0.05) is 25.1 Å². The maximum atomic E-state index is 12.0. The molecule has 0 saturated carbocycles. The Morgan fingerprint density at radius 1 is 1.50 bits per heavy atom. The van der Waals surface area contributed by atoms with Crippen molar-refractivity contribution in [1.82, 2.24) is 14.9 Å². The minimum Gasteiger partial charge on any atom is -0.333 e. The van der Waals surface area contributed by atoms with E-state index in [2.05, 4.69) is 14.9 Å². The molecule has 22 heavy (non-hydrogen) atoms. The standard InChI is InChI=1S/C13H16N4O3S2/c1-13(2,5-6-14)9-22(18,19)15-8-11-16-12(20-17-11)10-4-3-7-21-10/h3-4,7,15H,5,8-9H2,1-2H3. The van der Waals surface area contributed by atoms with Crippen LogP contribution in [0, 0.1) is 16.7 Å². The average molecular weight is 340 g/mol. The molecule has 0 radical (unpaired) electrons. The van der Waals surface area contributed by atoms with Crippen LogP contribution in [0.5, 0.6) is 0 Å². The normalized spacial score (nSPS) is 12.2. The van der Waals surface area contributed by atoms with E-state index < -0.39 is 15.4 Å². The Morgan fingerprint density at radius 2 is 2.27 bits per heavy atom. The van der Waals surface area contributed by atoms with Crippen molar-refractivity contribution >= 4 is 21.4 Å². The van der Waals surface area contributed by atoms with Crippen LogP contribution in [0.2, 0.25) is 0 Å². The summed E-state index contributed by atoms with van der Waals surface area (Å²) in [5, 5.41) is 14.3. The lowest BCUT2D eigenvalue weighted by Gasteiger charge is -2.20. The fraction of sp³-hybridized carbons (Fsp3) is 0.462. The van der Waals surface area contributed by atoms with Crippen LogP contribution in [0.25, 0.3) is 10.8 Å². The quantitative estimate of drug-likeness (QED) is 0.827. The van der Waals surface area contributed by atoms with E-state index in [9.17, 15) is 8.42 Å². The number of rotatable bonds is 7. The van der Waals surface area contributed by atoms with Crippen molar-refractivity contribution in [3.8, 4) is 16.8 Å². The van der Waals surface area contributed by atoms with Gasteiger partial charge in [-0.05, 0) is 16.9 Å². The van der Waals surface area contributed by atoms with Crippen molar-refractivity contribution in [2.24, 2.45) is 5.41 Å². The van der Waals surface area contributed by atoms with E-state index >= 15 is 0 Å². The highest BCUT2D eigenvalue weighted by molar-refractivity contribution is 7.89. The molecule has 2 heterocycles. The van der Waals surface area contributed by atoms with Crippen molar-refractivity contribution in [3.63, 3.8) is 0 Å². The van der Waals surface area contributed by atoms with Gasteiger partial charge in [-0.25, -0.2) is 13.1 Å². The van der Waals surface area contributed by atoms with Gasteiger partial charge in [0, 0.05) is 6.42 Å². The third-order valence-corrected chi connectivity index (χ3v) is 5.39. The molecule has 2 aromatic heterocycles. The average Bonchev–Trinajstić information content (AvgIpc) is 3.06. The number of aromatic nitrogens is 2. The molecule has 0 aliphatic rings. The first kappa shape index (κ1) is 16.6. The number of nitriles is 1. The van der Waals surface area contributed by atoms with E-state index in [1.807, 2.05) is 23.6 Å². The van der Waals surface area contributed by atoms with E-state index in [-0.39, 0.29) is 24.5 Å². The van der Waals surface area contributed by atoms with E-state index in [0.717, 1.165) is 4.88 Å². The van der Waals surface area contributed by atoms with Gasteiger partial charge in [0.05, 0.1) is 23.2 Å². The minimum absolute atomic E-state index is 0.0418. The zero-order chi connectivity index (χ0) is 16.2. The van der Waals surface area contributed by atoms with Crippen LogP contribution in [-0.2, 0) is 16.6 Å². The molecule has 0 atom stereocenters. The van der Waals surface area contributed by atoms with Gasteiger partial charge in [0.1, 0.15) is 0 Å². The molecule has 0 aromatic carbocycles. The molecule has 9 heteroatoms. The molecule has 0 bridgehead atoms. The number of sulfonamides is 1. The van der Waals surface area contributed by atoms with E-state index in [1.54, 1.807) is 13.8 Å². The lowest BCUT2D eigenvalue weighted by atomic mass is 9.93. The summed E-state index contributed by atoms with van der Waals surface area (Å²) in [4.78, 5) is 4.97. The van der Waals surface area contributed by atoms with E-state index in [4.69, 9.17) is 9.78 Å². The van der Waals surface area contributed by atoms with Gasteiger partial charge >= 0.3 is 0 Å². The zero-order valence-electron chi connectivity index (χ0n) is 12.2. The third kappa shape index (κ3) is 4.62. The zero-order valence-corrected chi connectivity index (χ0v) is 13.9. The molecule has 0 unspecified atom stereocenters. The maximum Gasteiger partial charge on any atom is 0.268 e. The van der Waals surface area contributed by atoms with Gasteiger partial charge in [0.15, 0.2) is 5.82 Å². The number of nitrogens with one attached hydrogen (secondary N) is 1. The van der Waals surface area contributed by atoms with Crippen molar-refractivity contribution in [1.29, 1.82) is 5.26 Å². The van der Waals surface area contributed by atoms with Crippen LogP contribution in [-0.4, -0.2) is 24.3 Å². The highest BCUT2D eigenvalue weighted by atomic mass is 32.2. The monoisotopic (exact) mass is 340 g/mol. The summed E-state index contributed by atoms with van der Waals surface area (Å²) < 4.78 is 31.6. The van der Waals surface area contributed by atoms with Crippen LogP contribution in [0.3, 0.4) is 0 Å². The van der Waals surface area contributed by atoms with Gasteiger partial charge in [0.2, 0.25) is 10.0 Å². The predicted octanol–water partition coefficient (Wildman–Crippen LogP) is 2.16. The number of nitrogens with zero attached hydrogens (tertiary/aromatic N) is 3. The SMILES string of the molecule is CC(C)(CC#N)CS(=O)(=O)NCc1noc(-c2cccs2)n1. The Morgan fingerprint density at radius 3 is 2.91 bits per heavy atom. The maximum absolute atomic E-state index is 12.0. The second-order valence-electron chi connectivity index (χ2n) is 5.57. The predicted molar refractivity (Wildman–Crippen MR) is 82.2 cm³/mol. The molecule has 118 valence electrons. The Hall–Kier alpha value is -1.76. The van der Waals surface area contributed by atoms with Gasteiger partial charge in [0.25, 0.3) is 5.89 Å². The fourth-order valence-electron chi connectivity index (χ4n) is 1.83. The summed E-state index contributed by atoms with van der Waals surface area (Å²) in [5.41, 5.74) is -0.611. The highest BCUT2D eigenvalue weighted by Gasteiger charge is 2.26. The minimum atomic E-state index is -3.52. The molecular formula is C13H16N4O3S2. The molecular weight excluding hydrogens is 324 g/mol. The molecule has 0 aliphatic carbocycles. The second kappa shape index (κ2) is 6.56. The van der Waals surface area contributed by atoms with Crippen molar-refractivity contribution in [3.05, 3.63) is 23.3 Å². The summed E-state index contributed by atoms with van der Waals surface area (Å²) in [6.07, 6.45) is 0.165. The van der Waals surface area contributed by atoms with Gasteiger partial charge in [-0.15, -0.1) is 11.3 Å². The first-order valence-electron chi connectivity index (χ1n) is 6.52. The van der Waals surface area contributed by atoms with Crippen LogP contribution in [0.15, 0.2) is 22.0 Å². The molecule has 0 amide bonds. The Balaban J connectivity index is 1.97. The van der Waals surface area contributed by atoms with Gasteiger partial charge < -0.3 is 4.52 Å². The number of hydrogen-bond donors (Lipinski definition) is 1. The van der Waals surface area contributed by atoms with Crippen LogP contribution in [0.1, 0.15) is 26.1 Å². The second-order valence-corrected chi connectivity index (χ2v) is 8.33. The summed E-state index contributed by atoms with van der Waals surface area (Å²) in [6.45, 7) is 3.43. The fourth-order valence-corrected chi connectivity index (χ4v) is 4.06. The van der Waals surface area contributed by atoms with Crippen LogP contribution < -0.4 is 4.72 Å². The van der Waals surface area contributed by atoms with Crippen LogP contribution >= 0.6 is 11.3 Å². The lowest BCUT2D eigenvalue weighted by molar-refractivity contribution is 0.416. The van der Waals surface area contributed by atoms with Crippen molar-refractivity contribution in [2.75, 3.05) is 5.75 Å². The summed E-state index contributed by atoms with van der Waals surface area (Å²) in [5.74, 6) is 0.502. The molecule has 0 fully saturated rings. The largest absolute Gasteiger partial charge is 0.333 e. The van der Waals surface area contributed by atoms with E-state index in [0.29, 0.717) is 5.89 Å². The lowest BCUT2D eigenvalue weighted by Crippen LogP contribution is -2.33. The summed E-state index contributed by atoms with van der Waals surface area (Å²) in [7, 11) is -3.52. The Labute approximate surface area is 133 Å². The van der Waals surface area contributed by atoms with Gasteiger partial charge in [-0.2, -0.15) is 10.2 Å². The molecule has 2 rings (SSSR count). The van der Waals surface area contributed by atoms with Crippen LogP contribution in [0.4, 0.5) is 0 Å².